The van der Waals surface area contributed by atoms with Crippen molar-refractivity contribution in [2.45, 2.75) is 11.8 Å². The van der Waals surface area contributed by atoms with Gasteiger partial charge in [-0.25, -0.2) is 5.43 Å². The van der Waals surface area contributed by atoms with Crippen molar-refractivity contribution in [3.63, 3.8) is 0 Å². The van der Waals surface area contributed by atoms with Gasteiger partial charge in [0, 0.05) is 10.5 Å². The smallest absolute Gasteiger partial charge is 0.267 e. The van der Waals surface area contributed by atoms with Gasteiger partial charge in [0.2, 0.25) is 0 Å². The van der Waals surface area contributed by atoms with Gasteiger partial charge in [-0.3, -0.25) is 4.79 Å². The number of carbonyl (C=O) groups excluding carboxylic acids is 1. The number of thioether (sulfide) groups is 1. The van der Waals surface area contributed by atoms with Crippen LogP contribution in [0.2, 0.25) is 0 Å². The van der Waals surface area contributed by atoms with Gasteiger partial charge in [0.05, 0.1) is 6.21 Å². The lowest BCUT2D eigenvalue weighted by Gasteiger charge is -2.03. The van der Waals surface area contributed by atoms with Gasteiger partial charge in [0.25, 0.3) is 5.91 Å². The summed E-state index contributed by atoms with van der Waals surface area (Å²) >= 11 is 1.69. The molecule has 0 bridgehead atoms. The highest BCUT2D eigenvalue weighted by Gasteiger charge is 2.05. The monoisotopic (exact) mass is 284 g/mol. The number of aryl methyl sites for hydroxylation is 1. The summed E-state index contributed by atoms with van der Waals surface area (Å²) in [6, 6.07) is 15.4. The Morgan fingerprint density at radius 3 is 2.50 bits per heavy atom. The standard InChI is InChI=1S/C16H16N2OS/c1-12-5-3-4-6-15(12)16(19)18-17-11-13-7-9-14(20-2)10-8-13/h3-11H,1-2H3,(H,18,19)/b17-11-. The Bertz CT molecular complexity index is 621. The SMILES string of the molecule is CSc1ccc(/C=N\NC(=O)c2ccccc2C)cc1. The molecule has 2 aromatic rings. The first-order chi connectivity index (χ1) is 9.70. The van der Waals surface area contributed by atoms with Crippen molar-refractivity contribution in [3.8, 4) is 0 Å². The molecule has 0 saturated carbocycles. The lowest BCUT2D eigenvalue weighted by molar-refractivity contribution is 0.0954. The van der Waals surface area contributed by atoms with E-state index in [9.17, 15) is 4.79 Å². The fourth-order valence-electron chi connectivity index (χ4n) is 1.74. The maximum atomic E-state index is 11.9. The highest BCUT2D eigenvalue weighted by atomic mass is 32.2. The molecule has 4 heteroatoms. The zero-order valence-corrected chi connectivity index (χ0v) is 12.3. The quantitative estimate of drug-likeness (QED) is 0.530. The molecule has 0 radical (unpaired) electrons. The highest BCUT2D eigenvalue weighted by Crippen LogP contribution is 2.13. The van der Waals surface area contributed by atoms with Crippen LogP contribution in [0.5, 0.6) is 0 Å². The van der Waals surface area contributed by atoms with Gasteiger partial charge in [-0.2, -0.15) is 5.10 Å². The number of rotatable bonds is 4. The van der Waals surface area contributed by atoms with Crippen LogP contribution in [-0.2, 0) is 0 Å². The number of nitrogens with zero attached hydrogens (tertiary/aromatic N) is 1. The minimum atomic E-state index is -0.194. The van der Waals surface area contributed by atoms with Crippen molar-refractivity contribution < 1.29 is 4.79 Å². The van der Waals surface area contributed by atoms with E-state index in [2.05, 4.69) is 10.5 Å². The van der Waals surface area contributed by atoms with Crippen LogP contribution in [-0.4, -0.2) is 18.4 Å². The van der Waals surface area contributed by atoms with Crippen molar-refractivity contribution in [3.05, 3.63) is 65.2 Å². The number of nitrogens with one attached hydrogen (secondary N) is 1. The summed E-state index contributed by atoms with van der Waals surface area (Å²) in [6.45, 7) is 1.90. The van der Waals surface area contributed by atoms with Crippen molar-refractivity contribution >= 4 is 23.9 Å². The molecule has 0 saturated heterocycles. The van der Waals surface area contributed by atoms with Crippen LogP contribution < -0.4 is 5.43 Å². The summed E-state index contributed by atoms with van der Waals surface area (Å²) in [5.74, 6) is -0.194. The van der Waals surface area contributed by atoms with E-state index in [-0.39, 0.29) is 5.91 Å². The van der Waals surface area contributed by atoms with E-state index in [1.165, 1.54) is 4.90 Å². The minimum Gasteiger partial charge on any atom is -0.267 e. The fraction of sp³-hybridized carbons (Fsp3) is 0.125. The van der Waals surface area contributed by atoms with Crippen molar-refractivity contribution in [2.75, 3.05) is 6.26 Å². The van der Waals surface area contributed by atoms with Gasteiger partial charge in [-0.05, 0) is 42.5 Å². The second kappa shape index (κ2) is 6.91. The Hall–Kier alpha value is -2.07. The molecule has 0 aliphatic carbocycles. The molecule has 20 heavy (non-hydrogen) atoms. The molecule has 0 spiro atoms. The molecular weight excluding hydrogens is 268 g/mol. The number of hydrogen-bond donors (Lipinski definition) is 1. The molecule has 2 aromatic carbocycles. The first-order valence-electron chi connectivity index (χ1n) is 6.24. The third-order valence-corrected chi connectivity index (χ3v) is 3.63. The normalized spacial score (nSPS) is 10.7. The van der Waals surface area contributed by atoms with E-state index in [0.717, 1.165) is 11.1 Å². The van der Waals surface area contributed by atoms with E-state index in [1.807, 2.05) is 55.6 Å². The van der Waals surface area contributed by atoms with E-state index in [1.54, 1.807) is 24.0 Å². The summed E-state index contributed by atoms with van der Waals surface area (Å²) < 4.78 is 0. The van der Waals surface area contributed by atoms with Crippen molar-refractivity contribution in [1.82, 2.24) is 5.43 Å². The van der Waals surface area contributed by atoms with Crippen LogP contribution in [0.1, 0.15) is 21.5 Å². The van der Waals surface area contributed by atoms with Crippen molar-refractivity contribution in [2.24, 2.45) is 5.10 Å². The van der Waals surface area contributed by atoms with Gasteiger partial charge in [0.15, 0.2) is 0 Å². The molecule has 3 nitrogen and oxygen atoms in total. The Balaban J connectivity index is 1.99. The van der Waals surface area contributed by atoms with E-state index in [0.29, 0.717) is 5.56 Å². The highest BCUT2D eigenvalue weighted by molar-refractivity contribution is 7.98. The Morgan fingerprint density at radius 2 is 1.85 bits per heavy atom. The predicted octanol–water partition coefficient (Wildman–Crippen LogP) is 3.48. The number of hydrazone groups is 1. The zero-order chi connectivity index (χ0) is 14.4. The number of amides is 1. The van der Waals surface area contributed by atoms with Gasteiger partial charge < -0.3 is 0 Å². The average Bonchev–Trinajstić information content (AvgIpc) is 2.48. The molecule has 0 aliphatic rings. The molecule has 0 aromatic heterocycles. The third kappa shape index (κ3) is 3.71. The van der Waals surface area contributed by atoms with Crippen LogP contribution in [0.15, 0.2) is 58.5 Å². The lowest BCUT2D eigenvalue weighted by atomic mass is 10.1. The molecular formula is C16H16N2OS. The number of carbonyl (C=O) groups is 1. The van der Waals surface area contributed by atoms with Crippen molar-refractivity contribution in [1.29, 1.82) is 0 Å². The molecule has 0 aliphatic heterocycles. The molecule has 102 valence electrons. The van der Waals surface area contributed by atoms with Crippen LogP contribution in [0, 0.1) is 6.92 Å². The van der Waals surface area contributed by atoms with Crippen LogP contribution in [0.25, 0.3) is 0 Å². The van der Waals surface area contributed by atoms with Crippen LogP contribution in [0.4, 0.5) is 0 Å². The zero-order valence-electron chi connectivity index (χ0n) is 11.5. The molecule has 0 atom stereocenters. The third-order valence-electron chi connectivity index (χ3n) is 2.89. The minimum absolute atomic E-state index is 0.194. The largest absolute Gasteiger partial charge is 0.271 e. The summed E-state index contributed by atoms with van der Waals surface area (Å²) in [7, 11) is 0. The first kappa shape index (κ1) is 14.3. The van der Waals surface area contributed by atoms with Crippen LogP contribution in [0.3, 0.4) is 0 Å². The summed E-state index contributed by atoms with van der Waals surface area (Å²) in [5.41, 5.74) is 5.07. The van der Waals surface area contributed by atoms with Gasteiger partial charge >= 0.3 is 0 Å². The number of benzene rings is 2. The Morgan fingerprint density at radius 1 is 1.15 bits per heavy atom. The second-order valence-corrected chi connectivity index (χ2v) is 5.17. The van der Waals surface area contributed by atoms with E-state index >= 15 is 0 Å². The van der Waals surface area contributed by atoms with Crippen LogP contribution >= 0.6 is 11.8 Å². The molecule has 1 N–H and O–H groups in total. The lowest BCUT2D eigenvalue weighted by Crippen LogP contribution is -2.18. The maximum Gasteiger partial charge on any atom is 0.271 e. The van der Waals surface area contributed by atoms with Gasteiger partial charge in [-0.15, -0.1) is 11.8 Å². The molecule has 1 amide bonds. The molecule has 0 unspecified atom stereocenters. The first-order valence-corrected chi connectivity index (χ1v) is 7.46. The van der Waals surface area contributed by atoms with Gasteiger partial charge in [-0.1, -0.05) is 30.3 Å². The Kier molecular flexibility index (Phi) is 4.96. The fourth-order valence-corrected chi connectivity index (χ4v) is 2.15. The van der Waals surface area contributed by atoms with E-state index < -0.39 is 0 Å². The number of hydrogen-bond acceptors (Lipinski definition) is 3. The molecule has 0 heterocycles. The maximum absolute atomic E-state index is 11.9. The summed E-state index contributed by atoms with van der Waals surface area (Å²) in [5, 5.41) is 3.98. The van der Waals surface area contributed by atoms with E-state index in [4.69, 9.17) is 0 Å². The summed E-state index contributed by atoms with van der Waals surface area (Å²) in [6.07, 6.45) is 3.67. The second-order valence-electron chi connectivity index (χ2n) is 4.29. The molecule has 2 rings (SSSR count). The molecule has 0 fully saturated rings. The summed E-state index contributed by atoms with van der Waals surface area (Å²) in [4.78, 5) is 13.1. The Labute approximate surface area is 123 Å². The predicted molar refractivity (Wildman–Crippen MR) is 84.5 cm³/mol. The average molecular weight is 284 g/mol. The van der Waals surface area contributed by atoms with Gasteiger partial charge in [0.1, 0.15) is 0 Å². The topological polar surface area (TPSA) is 41.5 Å².